The maximum Gasteiger partial charge on any atom is 0.327 e. The molecule has 0 bridgehead atoms. The van der Waals surface area contributed by atoms with Gasteiger partial charge in [0.2, 0.25) is 5.91 Å². The summed E-state index contributed by atoms with van der Waals surface area (Å²) >= 11 is 6.29. The SMILES string of the molecule is COC(=O)C(c1ccccc1Cl)N1CCN(C(=O)CC(C)(C)C)CC1. The van der Waals surface area contributed by atoms with E-state index in [-0.39, 0.29) is 17.3 Å². The number of carbonyl (C=O) groups excluding carboxylic acids is 2. The van der Waals surface area contributed by atoms with Crippen molar-refractivity contribution in [3.8, 4) is 0 Å². The van der Waals surface area contributed by atoms with Crippen LogP contribution in [0.15, 0.2) is 24.3 Å². The van der Waals surface area contributed by atoms with Crippen molar-refractivity contribution in [2.45, 2.75) is 33.2 Å². The highest BCUT2D eigenvalue weighted by Crippen LogP contribution is 2.30. The fourth-order valence-electron chi connectivity index (χ4n) is 3.08. The highest BCUT2D eigenvalue weighted by molar-refractivity contribution is 6.31. The minimum Gasteiger partial charge on any atom is -0.468 e. The van der Waals surface area contributed by atoms with E-state index in [0.29, 0.717) is 37.6 Å². The Morgan fingerprint density at radius 2 is 1.76 bits per heavy atom. The van der Waals surface area contributed by atoms with Gasteiger partial charge in [0.25, 0.3) is 0 Å². The zero-order valence-electron chi connectivity index (χ0n) is 15.4. The molecule has 138 valence electrons. The van der Waals surface area contributed by atoms with Crippen molar-refractivity contribution >= 4 is 23.5 Å². The van der Waals surface area contributed by atoms with Gasteiger partial charge in [-0.05, 0) is 17.0 Å². The fraction of sp³-hybridized carbons (Fsp3) is 0.579. The first-order valence-electron chi connectivity index (χ1n) is 8.57. The molecular formula is C19H27ClN2O3. The van der Waals surface area contributed by atoms with E-state index in [1.807, 2.05) is 28.0 Å². The molecule has 1 unspecified atom stereocenters. The van der Waals surface area contributed by atoms with Crippen molar-refractivity contribution in [1.29, 1.82) is 0 Å². The third-order valence-electron chi connectivity index (χ3n) is 4.34. The molecule has 0 saturated carbocycles. The standard InChI is InChI=1S/C19H27ClN2O3/c1-19(2,3)13-16(23)21-9-11-22(12-10-21)17(18(24)25-4)14-7-5-6-8-15(14)20/h5-8,17H,9-13H2,1-4H3. The summed E-state index contributed by atoms with van der Waals surface area (Å²) < 4.78 is 5.00. The summed E-state index contributed by atoms with van der Waals surface area (Å²) in [7, 11) is 1.38. The van der Waals surface area contributed by atoms with Crippen LogP contribution in [0.25, 0.3) is 0 Å². The molecular weight excluding hydrogens is 340 g/mol. The van der Waals surface area contributed by atoms with Gasteiger partial charge in [0, 0.05) is 37.6 Å². The lowest BCUT2D eigenvalue weighted by molar-refractivity contribution is -0.148. The van der Waals surface area contributed by atoms with Crippen LogP contribution in [0.3, 0.4) is 0 Å². The molecule has 1 saturated heterocycles. The molecule has 2 rings (SSSR count). The number of nitrogens with zero attached hydrogens (tertiary/aromatic N) is 2. The minimum absolute atomic E-state index is 0.0274. The average molecular weight is 367 g/mol. The molecule has 1 fully saturated rings. The number of hydrogen-bond acceptors (Lipinski definition) is 4. The van der Waals surface area contributed by atoms with Crippen molar-refractivity contribution in [3.63, 3.8) is 0 Å². The smallest absolute Gasteiger partial charge is 0.327 e. The predicted molar refractivity (Wildman–Crippen MR) is 98.4 cm³/mol. The van der Waals surface area contributed by atoms with Gasteiger partial charge in [0.05, 0.1) is 7.11 Å². The molecule has 1 aromatic rings. The third-order valence-corrected chi connectivity index (χ3v) is 4.68. The van der Waals surface area contributed by atoms with E-state index in [1.165, 1.54) is 7.11 Å². The molecule has 0 aromatic heterocycles. The summed E-state index contributed by atoms with van der Waals surface area (Å²) in [5.41, 5.74) is 0.714. The molecule has 6 heteroatoms. The van der Waals surface area contributed by atoms with Crippen molar-refractivity contribution < 1.29 is 14.3 Å². The Morgan fingerprint density at radius 3 is 2.28 bits per heavy atom. The zero-order valence-corrected chi connectivity index (χ0v) is 16.2. The van der Waals surface area contributed by atoms with E-state index >= 15 is 0 Å². The number of carbonyl (C=O) groups is 2. The van der Waals surface area contributed by atoms with Crippen molar-refractivity contribution in [3.05, 3.63) is 34.9 Å². The molecule has 1 aromatic carbocycles. The quantitative estimate of drug-likeness (QED) is 0.768. The minimum atomic E-state index is -0.543. The van der Waals surface area contributed by atoms with Crippen molar-refractivity contribution in [2.24, 2.45) is 5.41 Å². The lowest BCUT2D eigenvalue weighted by Gasteiger charge is -2.39. The molecule has 0 spiro atoms. The van der Waals surface area contributed by atoms with Crippen LogP contribution >= 0.6 is 11.6 Å². The molecule has 0 radical (unpaired) electrons. The fourth-order valence-corrected chi connectivity index (χ4v) is 3.32. The van der Waals surface area contributed by atoms with E-state index in [4.69, 9.17) is 16.3 Å². The summed E-state index contributed by atoms with van der Waals surface area (Å²) in [6.07, 6.45) is 0.526. The highest BCUT2D eigenvalue weighted by atomic mass is 35.5. The van der Waals surface area contributed by atoms with E-state index in [1.54, 1.807) is 6.07 Å². The lowest BCUT2D eigenvalue weighted by atomic mass is 9.91. The molecule has 1 aliphatic rings. The molecule has 1 amide bonds. The van der Waals surface area contributed by atoms with Gasteiger partial charge in [0.1, 0.15) is 6.04 Å². The van der Waals surface area contributed by atoms with Gasteiger partial charge in [-0.3, -0.25) is 9.69 Å². The second-order valence-corrected chi connectivity index (χ2v) is 8.01. The van der Waals surface area contributed by atoms with E-state index in [2.05, 4.69) is 20.8 Å². The van der Waals surface area contributed by atoms with Gasteiger partial charge in [0.15, 0.2) is 0 Å². The van der Waals surface area contributed by atoms with Gasteiger partial charge < -0.3 is 9.64 Å². The topological polar surface area (TPSA) is 49.9 Å². The van der Waals surface area contributed by atoms with Crippen LogP contribution in [0.5, 0.6) is 0 Å². The second-order valence-electron chi connectivity index (χ2n) is 7.60. The van der Waals surface area contributed by atoms with Crippen LogP contribution in [-0.2, 0) is 14.3 Å². The first kappa shape index (κ1) is 19.7. The molecule has 0 aliphatic carbocycles. The summed E-state index contributed by atoms with van der Waals surface area (Å²) in [5, 5.41) is 0.545. The Hall–Kier alpha value is -1.59. The maximum atomic E-state index is 12.4. The predicted octanol–water partition coefficient (Wildman–Crippen LogP) is 3.13. The number of hydrogen-bond donors (Lipinski definition) is 0. The van der Waals surface area contributed by atoms with Gasteiger partial charge >= 0.3 is 5.97 Å². The summed E-state index contributed by atoms with van der Waals surface area (Å²) in [4.78, 5) is 28.7. The van der Waals surface area contributed by atoms with Gasteiger partial charge in [-0.25, -0.2) is 4.79 Å². The number of methoxy groups -OCH3 is 1. The summed E-state index contributed by atoms with van der Waals surface area (Å²) in [6, 6.07) is 6.78. The third kappa shape index (κ3) is 5.19. The largest absolute Gasteiger partial charge is 0.468 e. The molecule has 1 heterocycles. The van der Waals surface area contributed by atoms with Gasteiger partial charge in [-0.2, -0.15) is 0 Å². The number of benzene rings is 1. The number of esters is 1. The number of halogens is 1. The van der Waals surface area contributed by atoms with Crippen LogP contribution in [-0.4, -0.2) is 55.0 Å². The van der Waals surface area contributed by atoms with Crippen LogP contribution in [0.1, 0.15) is 38.8 Å². The lowest BCUT2D eigenvalue weighted by Crippen LogP contribution is -2.51. The number of ether oxygens (including phenoxy) is 1. The monoisotopic (exact) mass is 366 g/mol. The van der Waals surface area contributed by atoms with E-state index < -0.39 is 6.04 Å². The van der Waals surface area contributed by atoms with E-state index in [9.17, 15) is 9.59 Å². The van der Waals surface area contributed by atoms with Gasteiger partial charge in [-0.1, -0.05) is 50.6 Å². The molecule has 1 aliphatic heterocycles. The first-order valence-corrected chi connectivity index (χ1v) is 8.95. The molecule has 25 heavy (non-hydrogen) atoms. The van der Waals surface area contributed by atoms with E-state index in [0.717, 1.165) is 5.56 Å². The molecule has 1 atom stereocenters. The Kier molecular flexibility index (Phi) is 6.47. The molecule has 0 N–H and O–H groups in total. The number of piperazine rings is 1. The normalized spacial score (nSPS) is 17.2. The van der Waals surface area contributed by atoms with Crippen LogP contribution in [0, 0.1) is 5.41 Å². The average Bonchev–Trinajstić information content (AvgIpc) is 2.55. The van der Waals surface area contributed by atoms with Crippen molar-refractivity contribution in [2.75, 3.05) is 33.3 Å². The summed E-state index contributed by atoms with van der Waals surface area (Å²) in [6.45, 7) is 8.62. The molecule has 5 nitrogen and oxygen atoms in total. The van der Waals surface area contributed by atoms with Crippen molar-refractivity contribution in [1.82, 2.24) is 9.80 Å². The number of amides is 1. The Balaban J connectivity index is 2.09. The Morgan fingerprint density at radius 1 is 1.16 bits per heavy atom. The highest BCUT2D eigenvalue weighted by Gasteiger charge is 2.34. The zero-order chi connectivity index (χ0) is 18.6. The number of rotatable bonds is 4. The summed E-state index contributed by atoms with van der Waals surface area (Å²) in [5.74, 6) is -0.165. The first-order chi connectivity index (χ1) is 11.7. The Labute approximate surface area is 154 Å². The maximum absolute atomic E-state index is 12.4. The van der Waals surface area contributed by atoms with Crippen LogP contribution in [0.2, 0.25) is 5.02 Å². The second kappa shape index (κ2) is 8.19. The van der Waals surface area contributed by atoms with Gasteiger partial charge in [-0.15, -0.1) is 0 Å². The Bertz CT molecular complexity index is 619. The van der Waals surface area contributed by atoms with Crippen LogP contribution < -0.4 is 0 Å². The van der Waals surface area contributed by atoms with Crippen LogP contribution in [0.4, 0.5) is 0 Å².